The van der Waals surface area contributed by atoms with Gasteiger partial charge in [0.2, 0.25) is 0 Å². The van der Waals surface area contributed by atoms with Gasteiger partial charge in [0.05, 0.1) is 10.5 Å². The van der Waals surface area contributed by atoms with Crippen LogP contribution in [0.4, 0.5) is 10.1 Å². The third-order valence-corrected chi connectivity index (χ3v) is 4.99. The molecule has 25 heavy (non-hydrogen) atoms. The normalized spacial score (nSPS) is 13.5. The number of hydrogen-bond donors (Lipinski definition) is 1. The molecule has 0 radical (unpaired) electrons. The Labute approximate surface area is 149 Å². The van der Waals surface area contributed by atoms with E-state index < -0.39 is 0 Å². The molecule has 1 N–H and O–H groups in total. The molecule has 0 saturated carbocycles. The molecule has 0 spiro atoms. The van der Waals surface area contributed by atoms with Gasteiger partial charge < -0.3 is 5.32 Å². The Morgan fingerprint density at radius 2 is 1.84 bits per heavy atom. The van der Waals surface area contributed by atoms with E-state index in [0.29, 0.717) is 11.3 Å². The number of nitrogens with zero attached hydrogens (tertiary/aromatic N) is 1. The highest BCUT2D eigenvalue weighted by atomic mass is 35.5. The van der Waals surface area contributed by atoms with Crippen LogP contribution in [-0.4, -0.2) is 10.9 Å². The van der Waals surface area contributed by atoms with Crippen LogP contribution < -0.4 is 5.32 Å². The molecule has 5 heteroatoms. The third kappa shape index (κ3) is 3.10. The average molecular weight is 355 g/mol. The van der Waals surface area contributed by atoms with E-state index in [2.05, 4.69) is 5.32 Å². The Morgan fingerprint density at radius 3 is 2.64 bits per heavy atom. The van der Waals surface area contributed by atoms with Gasteiger partial charge >= 0.3 is 0 Å². The fourth-order valence-corrected chi connectivity index (χ4v) is 3.61. The second kappa shape index (κ2) is 6.45. The molecule has 2 aromatic carbocycles. The summed E-state index contributed by atoms with van der Waals surface area (Å²) in [4.78, 5) is 17.2. The molecule has 0 atom stereocenters. The summed E-state index contributed by atoms with van der Waals surface area (Å²) in [6, 6.07) is 11.0. The number of rotatable bonds is 2. The Hall–Kier alpha value is -2.46. The van der Waals surface area contributed by atoms with Gasteiger partial charge in [-0.3, -0.25) is 9.78 Å². The third-order valence-electron chi connectivity index (χ3n) is 4.56. The van der Waals surface area contributed by atoms with Gasteiger partial charge in [0.15, 0.2) is 0 Å². The van der Waals surface area contributed by atoms with E-state index in [-0.39, 0.29) is 11.7 Å². The molecule has 3 aromatic rings. The van der Waals surface area contributed by atoms with E-state index in [1.807, 2.05) is 6.07 Å². The van der Waals surface area contributed by atoms with Gasteiger partial charge in [-0.25, -0.2) is 4.39 Å². The molecule has 0 saturated heterocycles. The van der Waals surface area contributed by atoms with Gasteiger partial charge in [0.1, 0.15) is 5.82 Å². The summed E-state index contributed by atoms with van der Waals surface area (Å²) in [6.07, 6.45) is 4.14. The van der Waals surface area contributed by atoms with Crippen molar-refractivity contribution in [2.75, 3.05) is 5.32 Å². The zero-order valence-corrected chi connectivity index (χ0v) is 14.2. The number of nitrogens with one attached hydrogen (secondary N) is 1. The minimum atomic E-state index is -0.340. The predicted octanol–water partition coefficient (Wildman–Crippen LogP) is 5.16. The molecular formula is C20H16ClFN2O. The Morgan fingerprint density at radius 1 is 1.08 bits per heavy atom. The SMILES string of the molecule is O=C(Nc1ccc(F)cc1)c1ccc2c(Cl)c3c(nc2c1)CCCC3. The van der Waals surface area contributed by atoms with Crippen LogP contribution in [0.2, 0.25) is 5.02 Å². The summed E-state index contributed by atoms with van der Waals surface area (Å²) in [5, 5.41) is 4.39. The number of aryl methyl sites for hydroxylation is 1. The molecule has 0 unspecified atom stereocenters. The minimum absolute atomic E-state index is 0.260. The van der Waals surface area contributed by atoms with Gasteiger partial charge in [-0.2, -0.15) is 0 Å². The van der Waals surface area contributed by atoms with E-state index in [0.717, 1.165) is 52.9 Å². The topological polar surface area (TPSA) is 42.0 Å². The first kappa shape index (κ1) is 16.0. The van der Waals surface area contributed by atoms with Crippen LogP contribution in [0.25, 0.3) is 10.9 Å². The van der Waals surface area contributed by atoms with Crippen LogP contribution in [0.3, 0.4) is 0 Å². The minimum Gasteiger partial charge on any atom is -0.322 e. The van der Waals surface area contributed by atoms with Crippen molar-refractivity contribution in [3.63, 3.8) is 0 Å². The summed E-state index contributed by atoms with van der Waals surface area (Å²) in [5.74, 6) is -0.600. The second-order valence-corrected chi connectivity index (χ2v) is 6.63. The lowest BCUT2D eigenvalue weighted by molar-refractivity contribution is 0.102. The maximum atomic E-state index is 13.0. The monoisotopic (exact) mass is 354 g/mol. The van der Waals surface area contributed by atoms with E-state index >= 15 is 0 Å². The number of amides is 1. The first-order valence-electron chi connectivity index (χ1n) is 8.30. The average Bonchev–Trinajstić information content (AvgIpc) is 2.63. The van der Waals surface area contributed by atoms with Gasteiger partial charge in [-0.05, 0) is 67.6 Å². The molecular weight excluding hydrogens is 339 g/mol. The first-order valence-corrected chi connectivity index (χ1v) is 8.67. The van der Waals surface area contributed by atoms with E-state index in [4.69, 9.17) is 16.6 Å². The van der Waals surface area contributed by atoms with E-state index in [9.17, 15) is 9.18 Å². The zero-order chi connectivity index (χ0) is 17.4. The number of benzene rings is 2. The van der Waals surface area contributed by atoms with Crippen molar-refractivity contribution in [2.24, 2.45) is 0 Å². The molecule has 1 heterocycles. The van der Waals surface area contributed by atoms with Crippen LogP contribution in [0.5, 0.6) is 0 Å². The number of pyridine rings is 1. The number of hydrogen-bond acceptors (Lipinski definition) is 2. The number of carbonyl (C=O) groups excluding carboxylic acids is 1. The summed E-state index contributed by atoms with van der Waals surface area (Å²) in [7, 11) is 0. The van der Waals surface area contributed by atoms with Crippen LogP contribution in [0.15, 0.2) is 42.5 Å². The largest absolute Gasteiger partial charge is 0.322 e. The maximum Gasteiger partial charge on any atom is 0.255 e. The standard InChI is InChI=1S/C20H16ClFN2O/c21-19-15-3-1-2-4-17(15)24-18-11-12(5-10-16(18)19)20(25)23-14-8-6-13(22)7-9-14/h5-11H,1-4H2,(H,23,25). The van der Waals surface area contributed by atoms with Crippen molar-refractivity contribution >= 4 is 34.1 Å². The van der Waals surface area contributed by atoms with Crippen LogP contribution >= 0.6 is 11.6 Å². The van der Waals surface area contributed by atoms with E-state index in [1.54, 1.807) is 12.1 Å². The fraction of sp³-hybridized carbons (Fsp3) is 0.200. The summed E-state index contributed by atoms with van der Waals surface area (Å²) >= 11 is 6.56. The number of fused-ring (bicyclic) bond motifs is 2. The van der Waals surface area contributed by atoms with Crippen molar-refractivity contribution < 1.29 is 9.18 Å². The summed E-state index contributed by atoms with van der Waals surface area (Å²) in [6.45, 7) is 0. The molecule has 1 amide bonds. The molecule has 126 valence electrons. The van der Waals surface area contributed by atoms with Crippen molar-refractivity contribution in [3.05, 3.63) is 70.1 Å². The highest BCUT2D eigenvalue weighted by Crippen LogP contribution is 2.33. The molecule has 1 aliphatic carbocycles. The van der Waals surface area contributed by atoms with Crippen molar-refractivity contribution in [1.82, 2.24) is 4.98 Å². The highest BCUT2D eigenvalue weighted by Gasteiger charge is 2.18. The lowest BCUT2D eigenvalue weighted by Gasteiger charge is -2.18. The Bertz CT molecular complexity index is 970. The van der Waals surface area contributed by atoms with Crippen molar-refractivity contribution in [2.45, 2.75) is 25.7 Å². The number of carbonyl (C=O) groups is 1. The molecule has 0 fully saturated rings. The van der Waals surface area contributed by atoms with Gasteiger partial charge in [0, 0.05) is 22.3 Å². The summed E-state index contributed by atoms with van der Waals surface area (Å²) in [5.41, 5.74) is 3.96. The molecule has 3 nitrogen and oxygen atoms in total. The van der Waals surface area contributed by atoms with Gasteiger partial charge in [0.25, 0.3) is 5.91 Å². The lowest BCUT2D eigenvalue weighted by atomic mass is 9.94. The Kier molecular flexibility index (Phi) is 4.14. The van der Waals surface area contributed by atoms with Gasteiger partial charge in [-0.1, -0.05) is 17.7 Å². The Balaban J connectivity index is 1.68. The summed E-state index contributed by atoms with van der Waals surface area (Å²) < 4.78 is 13.0. The number of aromatic nitrogens is 1. The van der Waals surface area contributed by atoms with Gasteiger partial charge in [-0.15, -0.1) is 0 Å². The molecule has 0 aliphatic heterocycles. The molecule has 0 bridgehead atoms. The van der Waals surface area contributed by atoms with E-state index in [1.165, 1.54) is 24.3 Å². The molecule has 1 aromatic heterocycles. The highest BCUT2D eigenvalue weighted by molar-refractivity contribution is 6.36. The fourth-order valence-electron chi connectivity index (χ4n) is 3.24. The maximum absolute atomic E-state index is 13.0. The van der Waals surface area contributed by atoms with Crippen LogP contribution in [-0.2, 0) is 12.8 Å². The zero-order valence-electron chi connectivity index (χ0n) is 13.5. The van der Waals surface area contributed by atoms with Crippen LogP contribution in [0.1, 0.15) is 34.5 Å². The number of anilines is 1. The number of halogens is 2. The molecule has 1 aliphatic rings. The molecule has 4 rings (SSSR count). The van der Waals surface area contributed by atoms with Crippen molar-refractivity contribution in [1.29, 1.82) is 0 Å². The lowest BCUT2D eigenvalue weighted by Crippen LogP contribution is -2.12. The second-order valence-electron chi connectivity index (χ2n) is 6.25. The predicted molar refractivity (Wildman–Crippen MR) is 97.7 cm³/mol. The van der Waals surface area contributed by atoms with Crippen molar-refractivity contribution in [3.8, 4) is 0 Å². The first-order chi connectivity index (χ1) is 12.1. The quantitative estimate of drug-likeness (QED) is 0.690. The smallest absolute Gasteiger partial charge is 0.255 e. The van der Waals surface area contributed by atoms with Crippen LogP contribution in [0, 0.1) is 5.82 Å².